The number of thiocarbonyl (C=S) groups is 1. The van der Waals surface area contributed by atoms with Gasteiger partial charge in [-0.3, -0.25) is 0 Å². The third-order valence-electron chi connectivity index (χ3n) is 2.96. The zero-order valence-electron chi connectivity index (χ0n) is 11.2. The number of hydrogen-bond donors (Lipinski definition) is 1. The minimum atomic E-state index is 0.284. The molecule has 98 valence electrons. The predicted molar refractivity (Wildman–Crippen MR) is 80.9 cm³/mol. The maximum absolute atomic E-state index is 5.81. The highest BCUT2D eigenvalue weighted by Gasteiger charge is 2.10. The van der Waals surface area contributed by atoms with Crippen molar-refractivity contribution in [3.8, 4) is 11.6 Å². The van der Waals surface area contributed by atoms with Crippen LogP contribution in [0.25, 0.3) is 0 Å². The van der Waals surface area contributed by atoms with Crippen molar-refractivity contribution in [1.29, 1.82) is 0 Å². The molecule has 0 aliphatic carbocycles. The van der Waals surface area contributed by atoms with Gasteiger partial charge in [0, 0.05) is 5.69 Å². The summed E-state index contributed by atoms with van der Waals surface area (Å²) in [4.78, 5) is 4.64. The van der Waals surface area contributed by atoms with E-state index in [0.29, 0.717) is 11.4 Å². The Hall–Kier alpha value is -1.94. The summed E-state index contributed by atoms with van der Waals surface area (Å²) in [5.74, 6) is 1.19. The van der Waals surface area contributed by atoms with Crippen molar-refractivity contribution < 1.29 is 4.74 Å². The summed E-state index contributed by atoms with van der Waals surface area (Å²) in [7, 11) is 0. The fraction of sp³-hybridized carbons (Fsp3) is 0.200. The number of ether oxygens (including phenoxy) is 1. The van der Waals surface area contributed by atoms with Gasteiger partial charge in [0.15, 0.2) is 0 Å². The second-order valence-corrected chi connectivity index (χ2v) is 4.96. The van der Waals surface area contributed by atoms with Crippen LogP contribution in [-0.4, -0.2) is 9.97 Å². The van der Waals surface area contributed by atoms with Gasteiger partial charge in [0.2, 0.25) is 5.88 Å². The van der Waals surface area contributed by atoms with Crippen LogP contribution >= 0.6 is 12.2 Å². The molecule has 0 unspecified atom stereocenters. The number of hydrogen-bond acceptors (Lipinski definition) is 3. The van der Waals surface area contributed by atoms with Gasteiger partial charge in [0.25, 0.3) is 0 Å². The highest BCUT2D eigenvalue weighted by Crippen LogP contribution is 2.25. The monoisotopic (exact) mass is 272 g/mol. The standard InChI is InChI=1S/C15H16N2OS/c1-9-4-6-12(8-10(9)2)18-15-13(14(16)19)7-5-11(3)17-15/h4-8H,1-3H3,(H2,16,19). The number of nitrogens with two attached hydrogens (primary N) is 1. The first-order valence-electron chi connectivity index (χ1n) is 6.00. The molecule has 0 saturated carbocycles. The molecule has 0 fully saturated rings. The lowest BCUT2D eigenvalue weighted by Gasteiger charge is -2.11. The molecule has 1 aromatic heterocycles. The van der Waals surface area contributed by atoms with Crippen LogP contribution in [0.1, 0.15) is 22.4 Å². The maximum Gasteiger partial charge on any atom is 0.229 e. The molecule has 0 bridgehead atoms. The van der Waals surface area contributed by atoms with Crippen molar-refractivity contribution in [1.82, 2.24) is 4.98 Å². The zero-order chi connectivity index (χ0) is 14.0. The van der Waals surface area contributed by atoms with Gasteiger partial charge < -0.3 is 10.5 Å². The van der Waals surface area contributed by atoms with Crippen LogP contribution in [0, 0.1) is 20.8 Å². The molecule has 0 spiro atoms. The van der Waals surface area contributed by atoms with E-state index in [4.69, 9.17) is 22.7 Å². The first-order chi connectivity index (χ1) is 8.97. The van der Waals surface area contributed by atoms with Crippen molar-refractivity contribution in [3.63, 3.8) is 0 Å². The van der Waals surface area contributed by atoms with Crippen LogP contribution < -0.4 is 10.5 Å². The molecular weight excluding hydrogens is 256 g/mol. The predicted octanol–water partition coefficient (Wildman–Crippen LogP) is 3.43. The molecular formula is C15H16N2OS. The molecule has 0 aliphatic rings. The molecule has 1 heterocycles. The Morgan fingerprint density at radius 1 is 1.11 bits per heavy atom. The Balaban J connectivity index is 2.39. The average molecular weight is 272 g/mol. The number of pyridine rings is 1. The van der Waals surface area contributed by atoms with Crippen molar-refractivity contribution in [2.24, 2.45) is 5.73 Å². The Labute approximate surface area is 118 Å². The Morgan fingerprint density at radius 2 is 1.84 bits per heavy atom. The fourth-order valence-electron chi connectivity index (χ4n) is 1.69. The van der Waals surface area contributed by atoms with Gasteiger partial charge in [0.1, 0.15) is 10.7 Å². The Morgan fingerprint density at radius 3 is 2.47 bits per heavy atom. The molecule has 0 aliphatic heterocycles. The SMILES string of the molecule is Cc1ccc(C(N)=S)c(Oc2ccc(C)c(C)c2)n1. The fourth-order valence-corrected chi connectivity index (χ4v) is 1.84. The first-order valence-corrected chi connectivity index (χ1v) is 6.41. The number of rotatable bonds is 3. The minimum Gasteiger partial charge on any atom is -0.438 e. The average Bonchev–Trinajstić information content (AvgIpc) is 2.33. The second kappa shape index (κ2) is 5.36. The Kier molecular flexibility index (Phi) is 3.81. The van der Waals surface area contributed by atoms with Crippen LogP contribution in [0.3, 0.4) is 0 Å². The van der Waals surface area contributed by atoms with Gasteiger partial charge in [-0.2, -0.15) is 0 Å². The lowest BCUT2D eigenvalue weighted by molar-refractivity contribution is 0.460. The van der Waals surface area contributed by atoms with Gasteiger partial charge in [-0.25, -0.2) is 4.98 Å². The molecule has 0 amide bonds. The third kappa shape index (κ3) is 3.09. The summed E-state index contributed by atoms with van der Waals surface area (Å²) < 4.78 is 5.81. The van der Waals surface area contributed by atoms with Crippen LogP contribution in [0.2, 0.25) is 0 Å². The third-order valence-corrected chi connectivity index (χ3v) is 3.18. The van der Waals surface area contributed by atoms with E-state index in [1.54, 1.807) is 0 Å². The van der Waals surface area contributed by atoms with Crippen molar-refractivity contribution in [2.45, 2.75) is 20.8 Å². The molecule has 19 heavy (non-hydrogen) atoms. The number of nitrogens with zero attached hydrogens (tertiary/aromatic N) is 1. The van der Waals surface area contributed by atoms with Crippen LogP contribution in [0.5, 0.6) is 11.6 Å². The van der Waals surface area contributed by atoms with E-state index < -0.39 is 0 Å². The highest BCUT2D eigenvalue weighted by atomic mass is 32.1. The lowest BCUT2D eigenvalue weighted by atomic mass is 10.1. The van der Waals surface area contributed by atoms with E-state index in [0.717, 1.165) is 11.4 Å². The van der Waals surface area contributed by atoms with Crippen LogP contribution in [0.15, 0.2) is 30.3 Å². The van der Waals surface area contributed by atoms with Gasteiger partial charge in [-0.05, 0) is 56.2 Å². The quantitative estimate of drug-likeness (QED) is 0.870. The van der Waals surface area contributed by atoms with Gasteiger partial charge in [-0.15, -0.1) is 0 Å². The number of aromatic nitrogens is 1. The normalized spacial score (nSPS) is 10.3. The summed E-state index contributed by atoms with van der Waals surface area (Å²) in [6, 6.07) is 9.60. The summed E-state index contributed by atoms with van der Waals surface area (Å²) >= 11 is 5.01. The summed E-state index contributed by atoms with van der Waals surface area (Å²) in [6.07, 6.45) is 0. The molecule has 0 atom stereocenters. The van der Waals surface area contributed by atoms with Crippen molar-refractivity contribution in [3.05, 3.63) is 52.7 Å². The molecule has 3 nitrogen and oxygen atoms in total. The van der Waals surface area contributed by atoms with E-state index >= 15 is 0 Å². The van der Waals surface area contributed by atoms with Crippen LogP contribution in [-0.2, 0) is 0 Å². The zero-order valence-corrected chi connectivity index (χ0v) is 12.0. The minimum absolute atomic E-state index is 0.284. The summed E-state index contributed by atoms with van der Waals surface area (Å²) in [5.41, 5.74) is 9.59. The largest absolute Gasteiger partial charge is 0.438 e. The molecule has 1 aromatic carbocycles. The van der Waals surface area contributed by atoms with Crippen molar-refractivity contribution >= 4 is 17.2 Å². The molecule has 0 saturated heterocycles. The van der Waals surface area contributed by atoms with E-state index in [1.807, 2.05) is 44.2 Å². The van der Waals surface area contributed by atoms with E-state index in [2.05, 4.69) is 11.9 Å². The van der Waals surface area contributed by atoms with E-state index in [9.17, 15) is 0 Å². The van der Waals surface area contributed by atoms with Crippen molar-refractivity contribution in [2.75, 3.05) is 0 Å². The van der Waals surface area contributed by atoms with Crippen LogP contribution in [0.4, 0.5) is 0 Å². The highest BCUT2D eigenvalue weighted by molar-refractivity contribution is 7.80. The van der Waals surface area contributed by atoms with Gasteiger partial charge in [0.05, 0.1) is 5.56 Å². The molecule has 4 heteroatoms. The molecule has 2 rings (SSSR count). The topological polar surface area (TPSA) is 48.1 Å². The number of aryl methyl sites for hydroxylation is 3. The maximum atomic E-state index is 5.81. The lowest BCUT2D eigenvalue weighted by Crippen LogP contribution is -2.12. The summed E-state index contributed by atoms with van der Waals surface area (Å²) in [5, 5.41) is 0. The van der Waals surface area contributed by atoms with Gasteiger partial charge in [-0.1, -0.05) is 18.3 Å². The number of benzene rings is 1. The van der Waals surface area contributed by atoms with E-state index in [-0.39, 0.29) is 4.99 Å². The summed E-state index contributed by atoms with van der Waals surface area (Å²) in [6.45, 7) is 6.00. The smallest absolute Gasteiger partial charge is 0.229 e. The first kappa shape index (κ1) is 13.5. The molecule has 2 N–H and O–H groups in total. The second-order valence-electron chi connectivity index (χ2n) is 4.52. The van der Waals surface area contributed by atoms with E-state index in [1.165, 1.54) is 11.1 Å². The van der Waals surface area contributed by atoms with Gasteiger partial charge >= 0.3 is 0 Å². The Bertz CT molecular complexity index is 638. The molecule has 2 aromatic rings. The molecule has 0 radical (unpaired) electrons.